The first-order valence-electron chi connectivity index (χ1n) is 10.4. The minimum Gasteiger partial charge on any atom is -0.424 e. The van der Waals surface area contributed by atoms with Gasteiger partial charge in [0.05, 0.1) is 28.7 Å². The van der Waals surface area contributed by atoms with Gasteiger partial charge in [-0.05, 0) is 44.2 Å². The van der Waals surface area contributed by atoms with Crippen molar-refractivity contribution in [2.75, 3.05) is 0 Å². The Bertz CT molecular complexity index is 1200. The van der Waals surface area contributed by atoms with E-state index < -0.39 is 12.5 Å². The van der Waals surface area contributed by atoms with Crippen molar-refractivity contribution in [3.05, 3.63) is 47.9 Å². The first kappa shape index (κ1) is 19.6. The van der Waals surface area contributed by atoms with Gasteiger partial charge in [0.1, 0.15) is 5.69 Å². The number of benzene rings is 1. The van der Waals surface area contributed by atoms with Crippen LogP contribution in [0, 0.1) is 0 Å². The highest BCUT2D eigenvalue weighted by Gasteiger charge is 2.72. The fraction of sp³-hybridized carbons (Fsp3) is 0.476. The monoisotopic (exact) mass is 445 g/mol. The molecule has 3 aromatic rings. The zero-order valence-corrected chi connectivity index (χ0v) is 16.7. The summed E-state index contributed by atoms with van der Waals surface area (Å²) in [5.74, 6) is 0.370. The van der Waals surface area contributed by atoms with Crippen LogP contribution in [0.2, 0.25) is 0 Å². The van der Waals surface area contributed by atoms with Crippen LogP contribution in [-0.2, 0) is 10.2 Å². The summed E-state index contributed by atoms with van der Waals surface area (Å²) in [6.07, 6.45) is -1.56. The Hall–Kier alpha value is -3.08. The van der Waals surface area contributed by atoms with E-state index in [0.717, 1.165) is 5.52 Å². The van der Waals surface area contributed by atoms with E-state index in [-0.39, 0.29) is 41.3 Å². The zero-order valence-electron chi connectivity index (χ0n) is 16.7. The van der Waals surface area contributed by atoms with Crippen LogP contribution in [0.15, 0.2) is 34.9 Å². The number of carbonyl (C=O) groups excluding carboxylic acids is 1. The van der Waals surface area contributed by atoms with Crippen LogP contribution in [0.4, 0.5) is 13.2 Å². The second kappa shape index (κ2) is 6.47. The molecule has 1 amide bonds. The Labute approximate surface area is 179 Å². The highest BCUT2D eigenvalue weighted by molar-refractivity contribution is 5.94. The topological polar surface area (TPSA) is 103 Å². The van der Waals surface area contributed by atoms with E-state index in [4.69, 9.17) is 4.42 Å². The molecule has 2 heterocycles. The second-order valence-corrected chi connectivity index (χ2v) is 9.09. The number of rotatable bonds is 5. The molecule has 11 heteroatoms. The molecule has 7 rings (SSSR count). The zero-order chi connectivity index (χ0) is 22.1. The highest BCUT2D eigenvalue weighted by Crippen LogP contribution is 2.67. The molecule has 0 radical (unpaired) electrons. The standard InChI is InChI=1S/C21H18F3N5O3/c22-21(23,24)32-12-5-11(6-12)17-28-29-18(31-17)19-8-20(9-19,10-19)27-16(30)15-7-25-13-3-1-2-4-14(13)26-15/h1-4,7,11-12H,5-6,8-10H2,(H,27,30)/t11-,12+,19?,20?. The summed E-state index contributed by atoms with van der Waals surface area (Å²) in [7, 11) is 0. The van der Waals surface area contributed by atoms with Gasteiger partial charge in [-0.15, -0.1) is 23.4 Å². The quantitative estimate of drug-likeness (QED) is 0.642. The first-order chi connectivity index (χ1) is 15.2. The fourth-order valence-corrected chi connectivity index (χ4v) is 5.19. The molecule has 0 saturated heterocycles. The predicted octanol–water partition coefficient (Wildman–Crippen LogP) is 3.40. The molecule has 0 unspecified atom stereocenters. The number of para-hydroxylation sites is 2. The third kappa shape index (κ3) is 3.14. The van der Waals surface area contributed by atoms with Gasteiger partial charge in [-0.3, -0.25) is 14.5 Å². The summed E-state index contributed by atoms with van der Waals surface area (Å²) in [4.78, 5) is 21.3. The lowest BCUT2D eigenvalue weighted by Crippen LogP contribution is -2.76. The van der Waals surface area contributed by atoms with Gasteiger partial charge < -0.3 is 9.73 Å². The van der Waals surface area contributed by atoms with E-state index in [9.17, 15) is 18.0 Å². The molecule has 166 valence electrons. The van der Waals surface area contributed by atoms with Crippen LogP contribution in [-0.4, -0.2) is 44.1 Å². The van der Waals surface area contributed by atoms with Gasteiger partial charge in [0.15, 0.2) is 0 Å². The van der Waals surface area contributed by atoms with Gasteiger partial charge >= 0.3 is 6.36 Å². The van der Waals surface area contributed by atoms with Crippen LogP contribution >= 0.6 is 0 Å². The van der Waals surface area contributed by atoms with E-state index in [1.54, 1.807) is 0 Å². The molecule has 2 bridgehead atoms. The minimum atomic E-state index is -4.63. The lowest BCUT2D eigenvalue weighted by atomic mass is 9.39. The SMILES string of the molecule is O=C(NC12CC(c3nnc([C@H]4C[C@@H](OC(F)(F)F)C4)o3)(C1)C2)c1cnc2ccccc2n1. The van der Waals surface area contributed by atoms with Crippen molar-refractivity contribution in [3.63, 3.8) is 0 Å². The predicted molar refractivity (Wildman–Crippen MR) is 102 cm³/mol. The molecular weight excluding hydrogens is 427 g/mol. The lowest BCUT2D eigenvalue weighted by molar-refractivity contribution is -0.352. The first-order valence-corrected chi connectivity index (χ1v) is 10.4. The van der Waals surface area contributed by atoms with E-state index in [0.29, 0.717) is 36.6 Å². The van der Waals surface area contributed by atoms with Crippen molar-refractivity contribution in [2.45, 2.75) is 61.4 Å². The van der Waals surface area contributed by atoms with Crippen molar-refractivity contribution in [3.8, 4) is 0 Å². The average Bonchev–Trinajstić information content (AvgIpc) is 3.14. The smallest absolute Gasteiger partial charge is 0.424 e. The molecule has 4 fully saturated rings. The summed E-state index contributed by atoms with van der Waals surface area (Å²) in [5, 5.41) is 11.2. The van der Waals surface area contributed by atoms with E-state index in [2.05, 4.69) is 30.2 Å². The number of hydrogen-bond donors (Lipinski definition) is 1. The summed E-state index contributed by atoms with van der Waals surface area (Å²) < 4.78 is 46.6. The van der Waals surface area contributed by atoms with Gasteiger partial charge in [-0.2, -0.15) is 0 Å². The van der Waals surface area contributed by atoms with Gasteiger partial charge in [0, 0.05) is 11.5 Å². The van der Waals surface area contributed by atoms with Gasteiger partial charge in [-0.25, -0.2) is 4.98 Å². The van der Waals surface area contributed by atoms with E-state index >= 15 is 0 Å². The molecular formula is C21H18F3N5O3. The van der Waals surface area contributed by atoms with Crippen LogP contribution in [0.1, 0.15) is 60.3 Å². The van der Waals surface area contributed by atoms with Gasteiger partial charge in [0.25, 0.3) is 5.91 Å². The molecule has 8 nitrogen and oxygen atoms in total. The number of aromatic nitrogens is 4. The maximum Gasteiger partial charge on any atom is 0.522 e. The summed E-state index contributed by atoms with van der Waals surface area (Å²) >= 11 is 0. The Morgan fingerprint density at radius 3 is 2.56 bits per heavy atom. The molecule has 0 atom stereocenters. The van der Waals surface area contributed by atoms with Crippen molar-refractivity contribution in [2.24, 2.45) is 0 Å². The molecule has 2 aromatic heterocycles. The molecule has 32 heavy (non-hydrogen) atoms. The maximum atomic E-state index is 12.7. The largest absolute Gasteiger partial charge is 0.522 e. The number of nitrogens with one attached hydrogen (secondary N) is 1. The molecule has 4 aliphatic rings. The maximum absolute atomic E-state index is 12.7. The summed E-state index contributed by atoms with van der Waals surface area (Å²) in [6, 6.07) is 7.35. The summed E-state index contributed by atoms with van der Waals surface area (Å²) in [6.45, 7) is 0. The molecule has 1 N–H and O–H groups in total. The van der Waals surface area contributed by atoms with Crippen molar-refractivity contribution in [1.82, 2.24) is 25.5 Å². The summed E-state index contributed by atoms with van der Waals surface area (Å²) in [5.41, 5.74) is 1.07. The number of halogens is 3. The fourth-order valence-electron chi connectivity index (χ4n) is 5.19. The van der Waals surface area contributed by atoms with E-state index in [1.807, 2.05) is 24.3 Å². The normalized spacial score (nSPS) is 30.8. The van der Waals surface area contributed by atoms with Crippen LogP contribution in [0.5, 0.6) is 0 Å². The Kier molecular flexibility index (Phi) is 3.96. The van der Waals surface area contributed by atoms with Gasteiger partial charge in [0.2, 0.25) is 11.8 Å². The van der Waals surface area contributed by atoms with Crippen LogP contribution < -0.4 is 5.32 Å². The second-order valence-electron chi connectivity index (χ2n) is 9.09. The Morgan fingerprint density at radius 2 is 1.84 bits per heavy atom. The Balaban J connectivity index is 1.06. The van der Waals surface area contributed by atoms with E-state index in [1.165, 1.54) is 6.20 Å². The van der Waals surface area contributed by atoms with Crippen molar-refractivity contribution < 1.29 is 27.1 Å². The third-order valence-electron chi connectivity index (χ3n) is 6.73. The molecule has 4 aliphatic carbocycles. The third-order valence-corrected chi connectivity index (χ3v) is 6.73. The lowest BCUT2D eigenvalue weighted by Gasteiger charge is -2.68. The number of fused-ring (bicyclic) bond motifs is 1. The number of amides is 1. The average molecular weight is 445 g/mol. The van der Waals surface area contributed by atoms with Crippen LogP contribution in [0.3, 0.4) is 0 Å². The number of ether oxygens (including phenoxy) is 1. The number of alkyl halides is 3. The Morgan fingerprint density at radius 1 is 1.12 bits per heavy atom. The van der Waals surface area contributed by atoms with Crippen molar-refractivity contribution in [1.29, 1.82) is 0 Å². The molecule has 4 saturated carbocycles. The number of carbonyl (C=O) groups is 1. The van der Waals surface area contributed by atoms with Crippen LogP contribution in [0.25, 0.3) is 11.0 Å². The number of hydrogen-bond acceptors (Lipinski definition) is 7. The van der Waals surface area contributed by atoms with Gasteiger partial charge in [-0.1, -0.05) is 12.1 Å². The number of nitrogens with zero attached hydrogens (tertiary/aromatic N) is 4. The molecule has 0 spiro atoms. The van der Waals surface area contributed by atoms with Crippen molar-refractivity contribution >= 4 is 16.9 Å². The minimum absolute atomic E-state index is 0.209. The highest BCUT2D eigenvalue weighted by atomic mass is 19.4. The molecule has 0 aliphatic heterocycles. The molecule has 1 aromatic carbocycles.